The van der Waals surface area contributed by atoms with Gasteiger partial charge in [-0.15, -0.1) is 0 Å². The van der Waals surface area contributed by atoms with E-state index in [2.05, 4.69) is 50.8 Å². The molecule has 5 nitrogen and oxygen atoms in total. The van der Waals surface area contributed by atoms with Crippen LogP contribution in [0.4, 0.5) is 0 Å². The molecule has 0 heterocycles. The van der Waals surface area contributed by atoms with Gasteiger partial charge in [0, 0.05) is 24.7 Å². The van der Waals surface area contributed by atoms with E-state index in [0.717, 1.165) is 23.3 Å². The fourth-order valence-electron chi connectivity index (χ4n) is 3.51. The van der Waals surface area contributed by atoms with Crippen molar-refractivity contribution >= 4 is 5.97 Å². The van der Waals surface area contributed by atoms with Gasteiger partial charge in [0.15, 0.2) is 0 Å². The molecular weight excluding hydrogens is 404 g/mol. The van der Waals surface area contributed by atoms with Crippen molar-refractivity contribution in [1.29, 1.82) is 0 Å². The molecule has 0 fully saturated rings. The zero-order chi connectivity index (χ0) is 23.5. The van der Waals surface area contributed by atoms with Crippen LogP contribution in [0.2, 0.25) is 0 Å². The lowest BCUT2D eigenvalue weighted by molar-refractivity contribution is -0.139. The van der Waals surface area contributed by atoms with Crippen LogP contribution in [0.25, 0.3) is 11.1 Å². The van der Waals surface area contributed by atoms with Crippen LogP contribution in [0, 0.1) is 12.8 Å². The summed E-state index contributed by atoms with van der Waals surface area (Å²) in [5.74, 6) is 0.222. The maximum Gasteiger partial charge on any atom is 0.333 e. The molecule has 2 N–H and O–H groups in total. The molecular formula is C27H36O5. The zero-order valence-electron chi connectivity index (χ0n) is 19.5. The fraction of sp³-hybridized carbons (Fsp3) is 0.444. The second-order valence-corrected chi connectivity index (χ2v) is 8.22. The molecule has 2 aromatic rings. The van der Waals surface area contributed by atoms with Crippen LogP contribution in [0.5, 0.6) is 5.75 Å². The zero-order valence-corrected chi connectivity index (χ0v) is 19.5. The van der Waals surface area contributed by atoms with E-state index >= 15 is 0 Å². The third-order valence-electron chi connectivity index (χ3n) is 5.49. The predicted octanol–water partition coefficient (Wildman–Crippen LogP) is 4.65. The van der Waals surface area contributed by atoms with Crippen molar-refractivity contribution in [3.8, 4) is 16.9 Å². The summed E-state index contributed by atoms with van der Waals surface area (Å²) in [6, 6.07) is 12.7. The molecule has 0 spiro atoms. The van der Waals surface area contributed by atoms with Crippen LogP contribution in [-0.4, -0.2) is 42.6 Å². The number of hydrogen-bond donors (Lipinski definition) is 2. The van der Waals surface area contributed by atoms with Crippen LogP contribution in [0.3, 0.4) is 0 Å². The van der Waals surface area contributed by atoms with E-state index in [0.29, 0.717) is 38.0 Å². The topological polar surface area (TPSA) is 76.0 Å². The summed E-state index contributed by atoms with van der Waals surface area (Å²) in [6.07, 6.45) is 2.89. The lowest BCUT2D eigenvalue weighted by atomic mass is 9.94. The summed E-state index contributed by atoms with van der Waals surface area (Å²) in [4.78, 5) is 11.6. The van der Waals surface area contributed by atoms with Crippen molar-refractivity contribution in [1.82, 2.24) is 0 Å². The Morgan fingerprint density at radius 3 is 2.47 bits per heavy atom. The van der Waals surface area contributed by atoms with Crippen molar-refractivity contribution in [2.24, 2.45) is 5.92 Å². The maximum absolute atomic E-state index is 11.6. The number of rotatable bonds is 13. The average Bonchev–Trinajstić information content (AvgIpc) is 2.79. The lowest BCUT2D eigenvalue weighted by Gasteiger charge is -2.17. The van der Waals surface area contributed by atoms with E-state index < -0.39 is 0 Å². The molecule has 0 aliphatic rings. The first-order valence-electron chi connectivity index (χ1n) is 11.3. The van der Waals surface area contributed by atoms with E-state index in [1.165, 1.54) is 16.7 Å². The smallest absolute Gasteiger partial charge is 0.333 e. The second-order valence-electron chi connectivity index (χ2n) is 8.22. The molecule has 0 unspecified atom stereocenters. The largest absolute Gasteiger partial charge is 0.493 e. The van der Waals surface area contributed by atoms with Gasteiger partial charge >= 0.3 is 5.97 Å². The van der Waals surface area contributed by atoms with Gasteiger partial charge in [-0.3, -0.25) is 0 Å². The molecule has 174 valence electrons. The van der Waals surface area contributed by atoms with Crippen molar-refractivity contribution in [2.45, 2.75) is 46.5 Å². The summed E-state index contributed by atoms with van der Waals surface area (Å²) >= 11 is 0. The highest BCUT2D eigenvalue weighted by atomic mass is 16.5. The van der Waals surface area contributed by atoms with Gasteiger partial charge in [0.05, 0.1) is 13.2 Å². The van der Waals surface area contributed by atoms with Crippen LogP contribution < -0.4 is 4.74 Å². The Bertz CT molecular complexity index is 899. The van der Waals surface area contributed by atoms with Crippen LogP contribution in [0.15, 0.2) is 48.6 Å². The first kappa shape index (κ1) is 25.6. The Morgan fingerprint density at radius 2 is 1.81 bits per heavy atom. The van der Waals surface area contributed by atoms with E-state index in [1.807, 2.05) is 6.07 Å². The average molecular weight is 441 g/mol. The van der Waals surface area contributed by atoms with Crippen molar-refractivity contribution in [3.63, 3.8) is 0 Å². The van der Waals surface area contributed by atoms with Gasteiger partial charge in [-0.05, 0) is 73.9 Å². The number of carbonyl (C=O) groups is 1. The van der Waals surface area contributed by atoms with Gasteiger partial charge in [-0.25, -0.2) is 4.79 Å². The van der Waals surface area contributed by atoms with Gasteiger partial charge in [0.2, 0.25) is 0 Å². The standard InChI is InChI=1S/C27H36O5/c1-5-22-15-20(4)8-10-25(22)23-9-11-26(31-14-12-21(17-28)18-29)24(16-23)7-6-13-32-27(30)19(2)3/h8-11,15-16,21,28-29H,2,5-7,12-14,17-18H2,1,3-4H3. The van der Waals surface area contributed by atoms with E-state index in [9.17, 15) is 15.0 Å². The molecule has 0 aromatic heterocycles. The number of aryl methyl sites for hydroxylation is 3. The number of benzene rings is 2. The number of carbonyl (C=O) groups excluding carboxylic acids is 1. The Morgan fingerprint density at radius 1 is 1.06 bits per heavy atom. The van der Waals surface area contributed by atoms with E-state index in [-0.39, 0.29) is 25.1 Å². The molecule has 0 radical (unpaired) electrons. The lowest BCUT2D eigenvalue weighted by Crippen LogP contribution is -2.15. The minimum atomic E-state index is -0.374. The highest BCUT2D eigenvalue weighted by Gasteiger charge is 2.12. The monoisotopic (exact) mass is 440 g/mol. The molecule has 0 saturated carbocycles. The molecule has 2 aromatic carbocycles. The maximum atomic E-state index is 11.6. The van der Waals surface area contributed by atoms with Gasteiger partial charge in [0.25, 0.3) is 0 Å². The highest BCUT2D eigenvalue weighted by molar-refractivity contribution is 5.86. The summed E-state index contributed by atoms with van der Waals surface area (Å²) in [5, 5.41) is 18.5. The van der Waals surface area contributed by atoms with Crippen molar-refractivity contribution in [3.05, 3.63) is 65.2 Å². The second kappa shape index (κ2) is 13.0. The molecule has 2 rings (SSSR count). The molecule has 0 atom stereocenters. The summed E-state index contributed by atoms with van der Waals surface area (Å²) in [6.45, 7) is 10.1. The van der Waals surface area contributed by atoms with Crippen molar-refractivity contribution < 1.29 is 24.5 Å². The van der Waals surface area contributed by atoms with E-state index in [4.69, 9.17) is 9.47 Å². The quantitative estimate of drug-likeness (QED) is 0.269. The van der Waals surface area contributed by atoms with Crippen LogP contribution in [-0.2, 0) is 22.4 Å². The SMILES string of the molecule is C=C(C)C(=O)OCCCc1cc(-c2ccc(C)cc2CC)ccc1OCCC(CO)CO. The number of ether oxygens (including phenoxy) is 2. The Balaban J connectivity index is 2.20. The Kier molecular flexibility index (Phi) is 10.4. The third kappa shape index (κ3) is 7.50. The van der Waals surface area contributed by atoms with Crippen LogP contribution >= 0.6 is 0 Å². The third-order valence-corrected chi connectivity index (χ3v) is 5.49. The predicted molar refractivity (Wildman–Crippen MR) is 128 cm³/mol. The number of aliphatic hydroxyl groups excluding tert-OH is 2. The molecule has 0 aliphatic heterocycles. The number of esters is 1. The molecule has 32 heavy (non-hydrogen) atoms. The van der Waals surface area contributed by atoms with E-state index in [1.54, 1.807) is 6.92 Å². The molecule has 0 amide bonds. The number of aliphatic hydroxyl groups is 2. The van der Waals surface area contributed by atoms with Gasteiger partial charge in [-0.2, -0.15) is 0 Å². The highest BCUT2D eigenvalue weighted by Crippen LogP contribution is 2.31. The molecule has 0 aliphatic carbocycles. The first-order chi connectivity index (χ1) is 15.4. The summed E-state index contributed by atoms with van der Waals surface area (Å²) in [7, 11) is 0. The van der Waals surface area contributed by atoms with Crippen LogP contribution in [0.1, 0.15) is 43.4 Å². The molecule has 0 saturated heterocycles. The summed E-state index contributed by atoms with van der Waals surface area (Å²) in [5.41, 5.74) is 6.32. The molecule has 5 heteroatoms. The van der Waals surface area contributed by atoms with Gasteiger partial charge in [-0.1, -0.05) is 43.3 Å². The summed E-state index contributed by atoms with van der Waals surface area (Å²) < 4.78 is 11.2. The number of hydrogen-bond acceptors (Lipinski definition) is 5. The fourth-order valence-corrected chi connectivity index (χ4v) is 3.51. The molecule has 0 bridgehead atoms. The van der Waals surface area contributed by atoms with Gasteiger partial charge in [0.1, 0.15) is 5.75 Å². The normalized spacial score (nSPS) is 10.9. The Labute approximate surface area is 191 Å². The first-order valence-corrected chi connectivity index (χ1v) is 11.3. The van der Waals surface area contributed by atoms with Crippen molar-refractivity contribution in [2.75, 3.05) is 26.4 Å². The van der Waals surface area contributed by atoms with Gasteiger partial charge < -0.3 is 19.7 Å². The Hall–Kier alpha value is -2.63. The minimum Gasteiger partial charge on any atom is -0.493 e. The minimum absolute atomic E-state index is 0.0625.